The molecule has 0 amide bonds. The van der Waals surface area contributed by atoms with Gasteiger partial charge in [0.25, 0.3) is 0 Å². The fourth-order valence-electron chi connectivity index (χ4n) is 0.633. The van der Waals surface area contributed by atoms with Crippen molar-refractivity contribution in [3.63, 3.8) is 0 Å². The Labute approximate surface area is 204 Å². The molecule has 0 saturated heterocycles. The zero-order valence-electron chi connectivity index (χ0n) is 15.7. The molecule has 0 fully saturated rings. The van der Waals surface area contributed by atoms with Crippen molar-refractivity contribution < 1.29 is 87.5 Å². The summed E-state index contributed by atoms with van der Waals surface area (Å²) in [7, 11) is 0. The number of allylic oxidation sites excluding steroid dienone is 2. The molecule has 0 atom stereocenters. The van der Waals surface area contributed by atoms with Gasteiger partial charge in [0.05, 0.1) is 5.90 Å². The molecule has 1 N–H and O–H groups in total. The molecule has 0 aromatic carbocycles. The Morgan fingerprint density at radius 1 is 0.714 bits per heavy atom. The van der Waals surface area contributed by atoms with E-state index in [0.717, 1.165) is 0 Å². The molecule has 21 heteroatoms. The van der Waals surface area contributed by atoms with Gasteiger partial charge in [0.1, 0.15) is 11.9 Å². The molecular formula is C14H5F12NO7Pb-3. The largest absolute Gasteiger partial charge is 0.855 e. The molecule has 0 bridgehead atoms. The summed E-state index contributed by atoms with van der Waals surface area (Å²) in [5.41, 5.74) is 2.57. The molecule has 0 saturated carbocycles. The number of rotatable bonds is 1. The number of alkyl halides is 12. The van der Waals surface area contributed by atoms with Crippen LogP contribution in [0.5, 0.6) is 0 Å². The van der Waals surface area contributed by atoms with E-state index >= 15 is 0 Å². The predicted octanol–water partition coefficient (Wildman–Crippen LogP) is -0.0297. The maximum Gasteiger partial charge on any atom is 0.490 e. The smallest absolute Gasteiger partial charge is 0.490 e. The van der Waals surface area contributed by atoms with Crippen LogP contribution in [0.4, 0.5) is 52.7 Å². The molecule has 0 unspecified atom stereocenters. The van der Waals surface area contributed by atoms with Gasteiger partial charge >= 0.3 is 30.7 Å². The van der Waals surface area contributed by atoms with Crippen LogP contribution in [0, 0.1) is 6.42 Å². The Kier molecular flexibility index (Phi) is 18.0. The quantitative estimate of drug-likeness (QED) is 0.131. The van der Waals surface area contributed by atoms with E-state index in [1.54, 1.807) is 0 Å². The molecule has 1 rings (SSSR count). The number of nitrogens with zero attached hydrogens (tertiary/aromatic N) is 1. The maximum absolute atomic E-state index is 11.7. The number of aliphatic imine (C=N–C) groups is 1. The first kappa shape index (κ1) is 39.4. The standard InChI is InChI=1S/C8H5F3NO.3C2HF3O2.Pb/c9-8(10,11)7(13)12-6-4-2-1-3-5-6;3*3-2(4,5)1(6)7;/h2-5H,(H,12,13);3*(H,6,7);/p-3. The third-order valence-corrected chi connectivity index (χ3v) is 1.88. The summed E-state index contributed by atoms with van der Waals surface area (Å²) in [6.07, 6.45) is -15.1. The van der Waals surface area contributed by atoms with E-state index in [9.17, 15) is 57.8 Å². The molecule has 8 nitrogen and oxygen atoms in total. The normalized spacial score (nSPS) is 13.3. The van der Waals surface area contributed by atoms with Gasteiger partial charge in [-0.15, -0.1) is 5.73 Å². The molecule has 1 aliphatic carbocycles. The van der Waals surface area contributed by atoms with Crippen molar-refractivity contribution in [1.29, 1.82) is 0 Å². The number of carbonyl (C=O) groups is 3. The molecule has 35 heavy (non-hydrogen) atoms. The number of carboxylic acids is 3. The van der Waals surface area contributed by atoms with Crippen LogP contribution in [-0.2, 0) is 14.4 Å². The summed E-state index contributed by atoms with van der Waals surface area (Å²) in [5, 5.41) is 35.0. The fourth-order valence-corrected chi connectivity index (χ4v) is 0.633. The van der Waals surface area contributed by atoms with E-state index in [4.69, 9.17) is 29.7 Å². The minimum absolute atomic E-state index is 0. The van der Waals surface area contributed by atoms with Crippen LogP contribution in [0.15, 0.2) is 34.6 Å². The van der Waals surface area contributed by atoms with Crippen molar-refractivity contribution in [3.05, 3.63) is 36.1 Å². The number of carboxylic acid groups (broad SMARTS) is 3. The summed E-state index contributed by atoms with van der Waals surface area (Å²) in [4.78, 5) is 29.3. The van der Waals surface area contributed by atoms with Crippen molar-refractivity contribution in [3.8, 4) is 0 Å². The van der Waals surface area contributed by atoms with Gasteiger partial charge in [-0.05, 0) is 18.2 Å². The number of hydrogen-bond donors (Lipinski definition) is 1. The number of aliphatic carboxylic acids is 3. The first-order valence-corrected chi connectivity index (χ1v) is 6.98. The average Bonchev–Trinajstić information content (AvgIpc) is 2.61. The van der Waals surface area contributed by atoms with Crippen LogP contribution in [0.3, 0.4) is 0 Å². The van der Waals surface area contributed by atoms with E-state index in [1.807, 2.05) is 0 Å². The Hall–Kier alpha value is -2.78. The van der Waals surface area contributed by atoms with Crippen LogP contribution >= 0.6 is 0 Å². The molecule has 0 spiro atoms. The van der Waals surface area contributed by atoms with Crippen molar-refractivity contribution in [2.45, 2.75) is 24.7 Å². The molecule has 0 aliphatic heterocycles. The summed E-state index contributed by atoms with van der Waals surface area (Å²) in [6.45, 7) is 0. The monoisotopic (exact) mass is 735 g/mol. The summed E-state index contributed by atoms with van der Waals surface area (Å²) in [6, 6.07) is 0. The Morgan fingerprint density at radius 3 is 1.20 bits per heavy atom. The molecule has 0 aromatic rings. The maximum atomic E-state index is 11.7. The van der Waals surface area contributed by atoms with Gasteiger partial charge in [0, 0.05) is 39.4 Å². The Bertz CT molecular complexity index is 775. The van der Waals surface area contributed by atoms with Gasteiger partial charge in [-0.1, -0.05) is 0 Å². The van der Waals surface area contributed by atoms with Crippen LogP contribution < -0.4 is 15.3 Å². The van der Waals surface area contributed by atoms with E-state index in [2.05, 4.69) is 10.7 Å². The third-order valence-electron chi connectivity index (χ3n) is 1.88. The van der Waals surface area contributed by atoms with E-state index in [0.29, 0.717) is 0 Å². The zero-order chi connectivity index (χ0) is 28.1. The van der Waals surface area contributed by atoms with Crippen molar-refractivity contribution in [1.82, 2.24) is 0 Å². The molecule has 5 radical (unpaired) electrons. The zero-order valence-corrected chi connectivity index (χ0v) is 19.6. The minimum atomic E-state index is -5.19. The van der Waals surface area contributed by atoms with Crippen molar-refractivity contribution >= 4 is 51.1 Å². The van der Waals surface area contributed by atoms with E-state index in [-0.39, 0.29) is 33.0 Å². The summed E-state index contributed by atoms with van der Waals surface area (Å²) < 4.78 is 130. The SMILES string of the molecule is O=C(O)C(F)(F)F.O=C([O-])C(F)(F)F.O=C([O-])C(F)(F)F.[O-]C(=NC1=CC=C=C[CH]1)C(F)(F)F.[Pb]. The Morgan fingerprint density at radius 2 is 1.03 bits per heavy atom. The second-order valence-electron chi connectivity index (χ2n) is 4.55. The molecule has 1 aliphatic rings. The topological polar surface area (TPSA) is 153 Å². The fraction of sp³-hybridized carbons (Fsp3) is 0.286. The van der Waals surface area contributed by atoms with Gasteiger partial charge in [0.15, 0.2) is 0 Å². The summed E-state index contributed by atoms with van der Waals surface area (Å²) >= 11 is 0. The first-order valence-electron chi connectivity index (χ1n) is 6.98. The minimum Gasteiger partial charge on any atom is -0.855 e. The third kappa shape index (κ3) is 24.2. The van der Waals surface area contributed by atoms with Gasteiger partial charge in [-0.25, -0.2) is 4.79 Å². The van der Waals surface area contributed by atoms with Gasteiger partial charge in [-0.2, -0.15) is 52.7 Å². The van der Waals surface area contributed by atoms with Crippen LogP contribution in [0.2, 0.25) is 0 Å². The summed E-state index contributed by atoms with van der Waals surface area (Å²) in [5.74, 6) is -10.9. The number of halogens is 12. The number of carbonyl (C=O) groups excluding carboxylic acids is 2. The van der Waals surface area contributed by atoms with Gasteiger partial charge in [-0.3, -0.25) is 4.99 Å². The van der Waals surface area contributed by atoms with Crippen LogP contribution in [-0.4, -0.2) is 80.9 Å². The molecule has 199 valence electrons. The van der Waals surface area contributed by atoms with E-state index in [1.165, 1.54) is 24.6 Å². The second kappa shape index (κ2) is 16.0. The molecule has 0 aromatic heterocycles. The van der Waals surface area contributed by atoms with E-state index < -0.39 is 48.5 Å². The second-order valence-corrected chi connectivity index (χ2v) is 4.55. The average molecular weight is 734 g/mol. The number of hydrogen-bond acceptors (Lipinski definition) is 7. The van der Waals surface area contributed by atoms with Crippen molar-refractivity contribution in [2.75, 3.05) is 0 Å². The molecular weight excluding hydrogens is 729 g/mol. The van der Waals surface area contributed by atoms with Gasteiger partial charge in [0.2, 0.25) is 0 Å². The van der Waals surface area contributed by atoms with Crippen molar-refractivity contribution in [2.24, 2.45) is 4.99 Å². The van der Waals surface area contributed by atoms with Crippen LogP contribution in [0.25, 0.3) is 0 Å². The first-order chi connectivity index (χ1) is 14.8. The molecule has 0 heterocycles. The predicted molar refractivity (Wildman–Crippen MR) is 80.1 cm³/mol. The van der Waals surface area contributed by atoms with Crippen LogP contribution in [0.1, 0.15) is 0 Å². The van der Waals surface area contributed by atoms with Gasteiger partial charge < -0.3 is 30.0 Å². The Balaban J connectivity index is -0.000000191.